The number of hydrogen-bond donors (Lipinski definition) is 1. The third-order valence-corrected chi connectivity index (χ3v) is 6.58. The molecule has 0 bridgehead atoms. The van der Waals surface area contributed by atoms with E-state index in [9.17, 15) is 9.59 Å². The predicted octanol–water partition coefficient (Wildman–Crippen LogP) is 4.00. The van der Waals surface area contributed by atoms with Gasteiger partial charge in [0.1, 0.15) is 5.00 Å². The minimum atomic E-state index is -0.439. The third-order valence-electron chi connectivity index (χ3n) is 4.65. The molecule has 1 amide bonds. The number of methoxy groups -OCH3 is 1. The topological polar surface area (TPSA) is 71.5 Å². The highest BCUT2D eigenvalue weighted by atomic mass is 32.1. The molecule has 3 aromatic rings. The molecule has 1 aliphatic heterocycles. The van der Waals surface area contributed by atoms with Crippen LogP contribution < -0.4 is 10.2 Å². The van der Waals surface area contributed by atoms with E-state index in [1.165, 1.54) is 18.4 Å². The number of anilines is 2. The summed E-state index contributed by atoms with van der Waals surface area (Å²) in [6.45, 7) is 1.53. The third kappa shape index (κ3) is 3.68. The first-order valence-corrected chi connectivity index (χ1v) is 10.4. The zero-order valence-corrected chi connectivity index (χ0v) is 16.4. The maximum absolute atomic E-state index is 12.8. The van der Waals surface area contributed by atoms with Crippen molar-refractivity contribution in [2.45, 2.75) is 12.8 Å². The Hall–Kier alpha value is -2.45. The lowest BCUT2D eigenvalue weighted by Gasteiger charge is -2.31. The second-order valence-corrected chi connectivity index (χ2v) is 8.32. The van der Waals surface area contributed by atoms with E-state index < -0.39 is 5.97 Å². The first-order valence-electron chi connectivity index (χ1n) is 8.73. The summed E-state index contributed by atoms with van der Waals surface area (Å²) < 4.78 is 5.92. The number of nitrogens with one attached hydrogen (secondary N) is 1. The van der Waals surface area contributed by atoms with Gasteiger partial charge in [0, 0.05) is 13.1 Å². The smallest absolute Gasteiger partial charge is 0.340 e. The molecule has 1 saturated heterocycles. The normalized spacial score (nSPS) is 17.1. The first kappa shape index (κ1) is 17.9. The van der Waals surface area contributed by atoms with Crippen LogP contribution in [0.4, 0.5) is 10.1 Å². The van der Waals surface area contributed by atoms with E-state index in [1.807, 2.05) is 18.2 Å². The molecule has 1 atom stereocenters. The summed E-state index contributed by atoms with van der Waals surface area (Å²) in [7, 11) is 1.34. The average Bonchev–Trinajstić information content (AvgIpc) is 3.34. The van der Waals surface area contributed by atoms with Gasteiger partial charge in [-0.2, -0.15) is 0 Å². The number of ether oxygens (including phenoxy) is 1. The number of thiazole rings is 1. The molecule has 140 valence electrons. The number of piperidine rings is 1. The number of thiophene rings is 1. The van der Waals surface area contributed by atoms with Gasteiger partial charge in [0.2, 0.25) is 5.91 Å². The van der Waals surface area contributed by atoms with Crippen LogP contribution in [0.25, 0.3) is 10.2 Å². The number of aromatic nitrogens is 1. The molecule has 1 N–H and O–H groups in total. The number of para-hydroxylation sites is 1. The Morgan fingerprint density at radius 3 is 2.96 bits per heavy atom. The highest BCUT2D eigenvalue weighted by Gasteiger charge is 2.28. The molecule has 27 heavy (non-hydrogen) atoms. The summed E-state index contributed by atoms with van der Waals surface area (Å²) in [5, 5.41) is 6.19. The Morgan fingerprint density at radius 2 is 2.15 bits per heavy atom. The first-order chi connectivity index (χ1) is 13.2. The van der Waals surface area contributed by atoms with Crippen LogP contribution in [0, 0.1) is 5.92 Å². The number of esters is 1. The Labute approximate surface area is 164 Å². The number of fused-ring (bicyclic) bond motifs is 1. The fourth-order valence-electron chi connectivity index (χ4n) is 3.25. The van der Waals surface area contributed by atoms with E-state index in [-0.39, 0.29) is 11.8 Å². The van der Waals surface area contributed by atoms with Crippen molar-refractivity contribution < 1.29 is 14.3 Å². The van der Waals surface area contributed by atoms with Gasteiger partial charge in [0.25, 0.3) is 0 Å². The number of carbonyl (C=O) groups is 2. The number of benzene rings is 1. The zero-order chi connectivity index (χ0) is 18.8. The lowest BCUT2D eigenvalue weighted by atomic mass is 9.97. The molecule has 6 nitrogen and oxygen atoms in total. The van der Waals surface area contributed by atoms with Crippen LogP contribution in [-0.2, 0) is 9.53 Å². The number of amides is 1. The van der Waals surface area contributed by atoms with Crippen LogP contribution in [0.5, 0.6) is 0 Å². The van der Waals surface area contributed by atoms with E-state index in [1.54, 1.807) is 22.8 Å². The van der Waals surface area contributed by atoms with Crippen molar-refractivity contribution in [2.24, 2.45) is 5.92 Å². The van der Waals surface area contributed by atoms with Crippen molar-refractivity contribution in [2.75, 3.05) is 30.4 Å². The molecule has 0 saturated carbocycles. The van der Waals surface area contributed by atoms with Gasteiger partial charge in [0.15, 0.2) is 5.13 Å². The lowest BCUT2D eigenvalue weighted by molar-refractivity contribution is -0.120. The van der Waals surface area contributed by atoms with Crippen molar-refractivity contribution >= 4 is 54.9 Å². The molecule has 8 heteroatoms. The van der Waals surface area contributed by atoms with E-state index in [4.69, 9.17) is 9.72 Å². The molecule has 3 heterocycles. The molecular weight excluding hydrogens is 382 g/mol. The molecule has 4 rings (SSSR count). The van der Waals surface area contributed by atoms with Crippen LogP contribution in [0.3, 0.4) is 0 Å². The van der Waals surface area contributed by atoms with Gasteiger partial charge in [0.05, 0.1) is 28.8 Å². The van der Waals surface area contributed by atoms with Gasteiger partial charge < -0.3 is 15.0 Å². The summed E-state index contributed by atoms with van der Waals surface area (Å²) >= 11 is 2.99. The second kappa shape index (κ2) is 7.66. The van der Waals surface area contributed by atoms with Gasteiger partial charge in [-0.25, -0.2) is 9.78 Å². The van der Waals surface area contributed by atoms with E-state index in [2.05, 4.69) is 16.3 Å². The molecular formula is C19H19N3O3S2. The number of hydrogen-bond acceptors (Lipinski definition) is 7. The Kier molecular flexibility index (Phi) is 5.09. The molecule has 0 unspecified atom stereocenters. The summed E-state index contributed by atoms with van der Waals surface area (Å²) in [5.74, 6) is -0.641. The number of nitrogens with zero attached hydrogens (tertiary/aromatic N) is 2. The van der Waals surface area contributed by atoms with Crippen molar-refractivity contribution in [1.29, 1.82) is 0 Å². The SMILES string of the molecule is COC(=O)c1ccsc1NC(=O)[C@@H]1CCCN(c2nc3ccccc3s2)C1. The van der Waals surface area contributed by atoms with Gasteiger partial charge in [-0.05, 0) is 36.4 Å². The Morgan fingerprint density at radius 1 is 1.30 bits per heavy atom. The molecule has 0 aliphatic carbocycles. The monoisotopic (exact) mass is 401 g/mol. The lowest BCUT2D eigenvalue weighted by Crippen LogP contribution is -2.40. The Balaban J connectivity index is 1.47. The minimum absolute atomic E-state index is 0.0617. The van der Waals surface area contributed by atoms with Gasteiger partial charge >= 0.3 is 5.97 Å². The summed E-state index contributed by atoms with van der Waals surface area (Å²) in [6.07, 6.45) is 1.76. The highest BCUT2D eigenvalue weighted by Crippen LogP contribution is 2.32. The zero-order valence-electron chi connectivity index (χ0n) is 14.8. The molecule has 0 spiro atoms. The summed E-state index contributed by atoms with van der Waals surface area (Å²) in [4.78, 5) is 31.5. The van der Waals surface area contributed by atoms with Crippen molar-refractivity contribution in [3.05, 3.63) is 41.3 Å². The van der Waals surface area contributed by atoms with Crippen LogP contribution in [0.1, 0.15) is 23.2 Å². The maximum atomic E-state index is 12.8. The number of carbonyl (C=O) groups excluding carboxylic acids is 2. The van der Waals surface area contributed by atoms with Crippen LogP contribution >= 0.6 is 22.7 Å². The minimum Gasteiger partial charge on any atom is -0.465 e. The standard InChI is InChI=1S/C19H19N3O3S2/c1-25-18(24)13-8-10-26-17(13)21-16(23)12-5-4-9-22(11-12)19-20-14-6-2-3-7-15(14)27-19/h2-3,6-8,10,12H,4-5,9,11H2,1H3,(H,21,23)/t12-/m1/s1. The fraction of sp³-hybridized carbons (Fsp3) is 0.316. The summed E-state index contributed by atoms with van der Waals surface area (Å²) in [5.41, 5.74) is 1.39. The fourth-order valence-corrected chi connectivity index (χ4v) is 5.03. The average molecular weight is 402 g/mol. The van der Waals surface area contributed by atoms with Crippen molar-refractivity contribution in [1.82, 2.24) is 4.98 Å². The van der Waals surface area contributed by atoms with Gasteiger partial charge in [-0.3, -0.25) is 4.79 Å². The molecule has 0 radical (unpaired) electrons. The van der Waals surface area contributed by atoms with Crippen LogP contribution in [0.2, 0.25) is 0 Å². The van der Waals surface area contributed by atoms with E-state index in [0.717, 1.165) is 34.7 Å². The summed E-state index contributed by atoms with van der Waals surface area (Å²) in [6, 6.07) is 9.74. The van der Waals surface area contributed by atoms with Crippen LogP contribution in [0.15, 0.2) is 35.7 Å². The van der Waals surface area contributed by atoms with Crippen LogP contribution in [-0.4, -0.2) is 37.1 Å². The van der Waals surface area contributed by atoms with E-state index >= 15 is 0 Å². The van der Waals surface area contributed by atoms with Gasteiger partial charge in [-0.1, -0.05) is 23.5 Å². The van der Waals surface area contributed by atoms with Gasteiger partial charge in [-0.15, -0.1) is 11.3 Å². The molecule has 1 fully saturated rings. The Bertz CT molecular complexity index is 948. The molecule has 1 aromatic carbocycles. The second-order valence-electron chi connectivity index (χ2n) is 6.39. The highest BCUT2D eigenvalue weighted by molar-refractivity contribution is 7.22. The number of rotatable bonds is 4. The van der Waals surface area contributed by atoms with Crippen molar-refractivity contribution in [3.8, 4) is 0 Å². The predicted molar refractivity (Wildman–Crippen MR) is 109 cm³/mol. The molecule has 1 aliphatic rings. The maximum Gasteiger partial charge on any atom is 0.340 e. The quantitative estimate of drug-likeness (QED) is 0.669. The van der Waals surface area contributed by atoms with Crippen molar-refractivity contribution in [3.63, 3.8) is 0 Å². The van der Waals surface area contributed by atoms with E-state index in [0.29, 0.717) is 17.1 Å². The molecule has 2 aromatic heterocycles. The largest absolute Gasteiger partial charge is 0.465 e.